The summed E-state index contributed by atoms with van der Waals surface area (Å²) in [4.78, 5) is 0.376. The number of piperidine rings is 1. The van der Waals surface area contributed by atoms with Gasteiger partial charge < -0.3 is 0 Å². The SMILES string of the molecule is CC1CCCN(S(=O)(=O)c2cccc(Br)c2)C1. The average Bonchev–Trinajstić information content (AvgIpc) is 2.29. The van der Waals surface area contributed by atoms with Crippen molar-refractivity contribution < 1.29 is 8.42 Å². The monoisotopic (exact) mass is 317 g/mol. The molecule has 0 aromatic heterocycles. The number of rotatable bonds is 2. The molecule has 1 saturated heterocycles. The van der Waals surface area contributed by atoms with E-state index >= 15 is 0 Å². The molecular weight excluding hydrogens is 302 g/mol. The third-order valence-electron chi connectivity index (χ3n) is 3.05. The van der Waals surface area contributed by atoms with Crippen molar-refractivity contribution in [1.29, 1.82) is 0 Å². The van der Waals surface area contributed by atoms with E-state index in [-0.39, 0.29) is 0 Å². The Morgan fingerprint density at radius 2 is 2.18 bits per heavy atom. The van der Waals surface area contributed by atoms with E-state index in [9.17, 15) is 8.42 Å². The fourth-order valence-electron chi connectivity index (χ4n) is 2.14. The number of hydrogen-bond acceptors (Lipinski definition) is 2. The van der Waals surface area contributed by atoms with Crippen LogP contribution in [0.5, 0.6) is 0 Å². The zero-order chi connectivity index (χ0) is 12.5. The van der Waals surface area contributed by atoms with E-state index in [2.05, 4.69) is 22.9 Å². The van der Waals surface area contributed by atoms with Gasteiger partial charge in [0.2, 0.25) is 10.0 Å². The van der Waals surface area contributed by atoms with Crippen molar-refractivity contribution in [2.24, 2.45) is 5.92 Å². The minimum atomic E-state index is -3.31. The van der Waals surface area contributed by atoms with Crippen molar-refractivity contribution in [3.63, 3.8) is 0 Å². The first-order chi connectivity index (χ1) is 8.00. The van der Waals surface area contributed by atoms with E-state index in [1.165, 1.54) is 0 Å². The van der Waals surface area contributed by atoms with Crippen molar-refractivity contribution in [2.75, 3.05) is 13.1 Å². The molecule has 5 heteroatoms. The Bertz CT molecular complexity index is 501. The highest BCUT2D eigenvalue weighted by Crippen LogP contribution is 2.24. The van der Waals surface area contributed by atoms with Gasteiger partial charge in [-0.15, -0.1) is 0 Å². The molecule has 94 valence electrons. The molecule has 17 heavy (non-hydrogen) atoms. The maximum atomic E-state index is 12.4. The lowest BCUT2D eigenvalue weighted by molar-refractivity contribution is 0.281. The minimum absolute atomic E-state index is 0.376. The molecule has 1 aromatic carbocycles. The van der Waals surface area contributed by atoms with Gasteiger partial charge in [0.1, 0.15) is 0 Å². The highest BCUT2D eigenvalue weighted by atomic mass is 79.9. The third kappa shape index (κ3) is 2.89. The normalized spacial score (nSPS) is 22.6. The highest BCUT2D eigenvalue weighted by Gasteiger charge is 2.28. The van der Waals surface area contributed by atoms with Crippen LogP contribution in [-0.2, 0) is 10.0 Å². The second kappa shape index (κ2) is 5.08. The van der Waals surface area contributed by atoms with E-state index in [1.807, 2.05) is 6.07 Å². The van der Waals surface area contributed by atoms with Crippen LogP contribution >= 0.6 is 15.9 Å². The molecule has 1 heterocycles. The smallest absolute Gasteiger partial charge is 0.207 e. The Hall–Kier alpha value is -0.390. The summed E-state index contributed by atoms with van der Waals surface area (Å²) in [5.41, 5.74) is 0. The quantitative estimate of drug-likeness (QED) is 0.841. The summed E-state index contributed by atoms with van der Waals surface area (Å²) < 4.78 is 27.2. The Balaban J connectivity index is 2.29. The lowest BCUT2D eigenvalue weighted by atomic mass is 10.0. The van der Waals surface area contributed by atoms with Crippen LogP contribution in [-0.4, -0.2) is 25.8 Å². The fourth-order valence-corrected chi connectivity index (χ4v) is 4.34. The van der Waals surface area contributed by atoms with Gasteiger partial charge in [-0.05, 0) is 37.0 Å². The Morgan fingerprint density at radius 3 is 2.82 bits per heavy atom. The minimum Gasteiger partial charge on any atom is -0.207 e. The van der Waals surface area contributed by atoms with Gasteiger partial charge in [-0.1, -0.05) is 28.9 Å². The molecule has 1 aliphatic rings. The van der Waals surface area contributed by atoms with Crippen molar-refractivity contribution in [1.82, 2.24) is 4.31 Å². The van der Waals surface area contributed by atoms with Crippen molar-refractivity contribution >= 4 is 26.0 Å². The zero-order valence-corrected chi connectivity index (χ0v) is 12.2. The Labute approximate surface area is 111 Å². The van der Waals surface area contributed by atoms with Crippen LogP contribution in [0.1, 0.15) is 19.8 Å². The van der Waals surface area contributed by atoms with E-state index in [0.717, 1.165) is 17.3 Å². The molecule has 1 aliphatic heterocycles. The van der Waals surface area contributed by atoms with Crippen LogP contribution < -0.4 is 0 Å². The van der Waals surface area contributed by atoms with Crippen LogP contribution in [0, 0.1) is 5.92 Å². The van der Waals surface area contributed by atoms with E-state index in [4.69, 9.17) is 0 Å². The first-order valence-electron chi connectivity index (χ1n) is 5.76. The van der Waals surface area contributed by atoms with E-state index in [1.54, 1.807) is 22.5 Å². The van der Waals surface area contributed by atoms with Crippen molar-refractivity contribution in [2.45, 2.75) is 24.7 Å². The molecule has 1 unspecified atom stereocenters. The predicted molar refractivity (Wildman–Crippen MR) is 71.3 cm³/mol. The first-order valence-corrected chi connectivity index (χ1v) is 7.99. The summed E-state index contributed by atoms with van der Waals surface area (Å²) in [6, 6.07) is 6.90. The molecule has 0 N–H and O–H groups in total. The topological polar surface area (TPSA) is 37.4 Å². The van der Waals surface area contributed by atoms with Crippen LogP contribution in [0.4, 0.5) is 0 Å². The second-order valence-electron chi connectivity index (χ2n) is 4.57. The van der Waals surface area contributed by atoms with Gasteiger partial charge in [-0.25, -0.2) is 8.42 Å². The number of halogens is 1. The second-order valence-corrected chi connectivity index (χ2v) is 7.42. The van der Waals surface area contributed by atoms with Gasteiger partial charge in [0.05, 0.1) is 4.90 Å². The summed E-state index contributed by atoms with van der Waals surface area (Å²) in [5.74, 6) is 0.450. The van der Waals surface area contributed by atoms with Crippen molar-refractivity contribution in [3.8, 4) is 0 Å². The standard InChI is InChI=1S/C12H16BrNO2S/c1-10-4-3-7-14(9-10)17(15,16)12-6-2-5-11(13)8-12/h2,5-6,8,10H,3-4,7,9H2,1H3. The number of sulfonamides is 1. The van der Waals surface area contributed by atoms with E-state index in [0.29, 0.717) is 23.9 Å². The number of benzene rings is 1. The largest absolute Gasteiger partial charge is 0.243 e. The zero-order valence-electron chi connectivity index (χ0n) is 9.77. The molecule has 0 saturated carbocycles. The van der Waals surface area contributed by atoms with E-state index < -0.39 is 10.0 Å². The molecule has 2 rings (SSSR count). The lowest BCUT2D eigenvalue weighted by Gasteiger charge is -2.30. The lowest BCUT2D eigenvalue weighted by Crippen LogP contribution is -2.39. The molecule has 1 fully saturated rings. The van der Waals surface area contributed by atoms with Crippen LogP contribution in [0.25, 0.3) is 0 Å². The van der Waals surface area contributed by atoms with Gasteiger partial charge in [-0.2, -0.15) is 4.31 Å². The molecule has 0 bridgehead atoms. The third-order valence-corrected chi connectivity index (χ3v) is 5.41. The maximum Gasteiger partial charge on any atom is 0.243 e. The molecule has 0 spiro atoms. The van der Waals surface area contributed by atoms with Gasteiger partial charge in [-0.3, -0.25) is 0 Å². The molecule has 0 radical (unpaired) electrons. The number of nitrogens with zero attached hydrogens (tertiary/aromatic N) is 1. The summed E-state index contributed by atoms with van der Waals surface area (Å²) in [6.07, 6.45) is 2.07. The van der Waals surface area contributed by atoms with Gasteiger partial charge in [0.15, 0.2) is 0 Å². The fraction of sp³-hybridized carbons (Fsp3) is 0.500. The average molecular weight is 318 g/mol. The molecule has 3 nitrogen and oxygen atoms in total. The Morgan fingerprint density at radius 1 is 1.41 bits per heavy atom. The van der Waals surface area contributed by atoms with Gasteiger partial charge in [0.25, 0.3) is 0 Å². The maximum absolute atomic E-state index is 12.4. The summed E-state index contributed by atoms with van der Waals surface area (Å²) in [7, 11) is -3.31. The molecule has 0 aliphatic carbocycles. The van der Waals surface area contributed by atoms with Gasteiger partial charge in [0, 0.05) is 17.6 Å². The summed E-state index contributed by atoms with van der Waals surface area (Å²) in [5, 5.41) is 0. The van der Waals surface area contributed by atoms with Crippen LogP contribution in [0.3, 0.4) is 0 Å². The number of hydrogen-bond donors (Lipinski definition) is 0. The molecule has 1 atom stereocenters. The molecule has 1 aromatic rings. The molecule has 0 amide bonds. The summed E-state index contributed by atoms with van der Waals surface area (Å²) >= 11 is 3.31. The van der Waals surface area contributed by atoms with Crippen LogP contribution in [0.15, 0.2) is 33.6 Å². The van der Waals surface area contributed by atoms with Crippen molar-refractivity contribution in [3.05, 3.63) is 28.7 Å². The van der Waals surface area contributed by atoms with Gasteiger partial charge >= 0.3 is 0 Å². The summed E-state index contributed by atoms with van der Waals surface area (Å²) in [6.45, 7) is 3.37. The Kier molecular flexibility index (Phi) is 3.90. The first kappa shape index (κ1) is 13.1. The predicted octanol–water partition coefficient (Wildman–Crippen LogP) is 2.87. The highest BCUT2D eigenvalue weighted by molar-refractivity contribution is 9.10. The van der Waals surface area contributed by atoms with Crippen LogP contribution in [0.2, 0.25) is 0 Å². The molecular formula is C12H16BrNO2S.